The Kier molecular flexibility index (Phi) is 4.48. The van der Waals surface area contributed by atoms with E-state index in [1.807, 2.05) is 30.3 Å². The second-order valence-electron chi connectivity index (χ2n) is 4.62. The summed E-state index contributed by atoms with van der Waals surface area (Å²) < 4.78 is 0. The predicted molar refractivity (Wildman–Crippen MR) is 76.2 cm³/mol. The number of Topliss-reactive ketones (excluding diaryl/α,β-unsaturated/α-hetero) is 1. The molecule has 0 aliphatic carbocycles. The van der Waals surface area contributed by atoms with Crippen molar-refractivity contribution < 1.29 is 9.90 Å². The molecule has 1 atom stereocenters. The van der Waals surface area contributed by atoms with E-state index in [0.29, 0.717) is 11.1 Å². The molecule has 0 heterocycles. The van der Waals surface area contributed by atoms with Crippen molar-refractivity contribution in [3.05, 3.63) is 71.3 Å². The van der Waals surface area contributed by atoms with Gasteiger partial charge in [0.15, 0.2) is 5.78 Å². The van der Waals surface area contributed by atoms with E-state index >= 15 is 0 Å². The van der Waals surface area contributed by atoms with Crippen LogP contribution in [0, 0.1) is 0 Å². The van der Waals surface area contributed by atoms with E-state index in [-0.39, 0.29) is 5.78 Å². The molecule has 0 aromatic heterocycles. The van der Waals surface area contributed by atoms with Gasteiger partial charge in [0.2, 0.25) is 0 Å². The van der Waals surface area contributed by atoms with Crippen molar-refractivity contribution in [2.45, 2.75) is 25.9 Å². The van der Waals surface area contributed by atoms with Gasteiger partial charge in [0.1, 0.15) is 6.10 Å². The van der Waals surface area contributed by atoms with Crippen molar-refractivity contribution in [3.63, 3.8) is 0 Å². The molecular weight excluding hydrogens is 236 g/mol. The number of carbonyl (C=O) groups is 1. The molecule has 0 spiro atoms. The number of aliphatic hydroxyl groups excluding tert-OH is 1. The monoisotopic (exact) mass is 254 g/mol. The highest BCUT2D eigenvalue weighted by Gasteiger charge is 2.18. The fraction of sp³-hybridized carbons (Fsp3) is 0.235. The number of hydrogen-bond acceptors (Lipinski definition) is 2. The Morgan fingerprint density at radius 1 is 1.05 bits per heavy atom. The lowest BCUT2D eigenvalue weighted by Crippen LogP contribution is -2.12. The molecule has 0 saturated carbocycles. The van der Waals surface area contributed by atoms with Crippen LogP contribution in [0.4, 0.5) is 0 Å². The van der Waals surface area contributed by atoms with Crippen LogP contribution in [0.1, 0.15) is 40.9 Å². The van der Waals surface area contributed by atoms with Gasteiger partial charge in [-0.15, -0.1) is 0 Å². The lowest BCUT2D eigenvalue weighted by atomic mass is 9.98. The predicted octanol–water partition coefficient (Wildman–Crippen LogP) is 3.56. The summed E-state index contributed by atoms with van der Waals surface area (Å²) in [5.41, 5.74) is 2.41. The normalized spacial score (nSPS) is 12.1. The molecule has 0 aliphatic heterocycles. The molecule has 0 fully saturated rings. The van der Waals surface area contributed by atoms with E-state index < -0.39 is 6.10 Å². The second kappa shape index (κ2) is 6.30. The van der Waals surface area contributed by atoms with Crippen LogP contribution >= 0.6 is 0 Å². The van der Waals surface area contributed by atoms with Crippen LogP contribution in [0.15, 0.2) is 54.6 Å². The molecule has 0 saturated heterocycles. The Balaban J connectivity index is 2.15. The van der Waals surface area contributed by atoms with Crippen LogP contribution in [-0.2, 0) is 6.42 Å². The van der Waals surface area contributed by atoms with Gasteiger partial charge in [0.05, 0.1) is 0 Å². The van der Waals surface area contributed by atoms with Crippen LogP contribution in [0.3, 0.4) is 0 Å². The molecule has 2 rings (SSSR count). The fourth-order valence-electron chi connectivity index (χ4n) is 2.07. The average Bonchev–Trinajstić information content (AvgIpc) is 2.48. The Hall–Kier alpha value is -1.93. The molecule has 2 aromatic rings. The van der Waals surface area contributed by atoms with E-state index in [0.717, 1.165) is 12.8 Å². The summed E-state index contributed by atoms with van der Waals surface area (Å²) >= 11 is 0. The Labute approximate surface area is 113 Å². The smallest absolute Gasteiger partial charge is 0.195 e. The van der Waals surface area contributed by atoms with Gasteiger partial charge in [-0.1, -0.05) is 67.9 Å². The van der Waals surface area contributed by atoms with Crippen molar-refractivity contribution in [1.29, 1.82) is 0 Å². The summed E-state index contributed by atoms with van der Waals surface area (Å²) in [6, 6.07) is 16.5. The van der Waals surface area contributed by atoms with Gasteiger partial charge in [-0.05, 0) is 17.5 Å². The topological polar surface area (TPSA) is 37.3 Å². The minimum Gasteiger partial charge on any atom is -0.380 e. The molecule has 19 heavy (non-hydrogen) atoms. The molecule has 98 valence electrons. The Morgan fingerprint density at radius 3 is 2.26 bits per heavy atom. The summed E-state index contributed by atoms with van der Waals surface area (Å²) in [5, 5.41) is 10.1. The average molecular weight is 254 g/mol. The van der Waals surface area contributed by atoms with Crippen molar-refractivity contribution >= 4 is 5.78 Å². The summed E-state index contributed by atoms with van der Waals surface area (Å²) in [4.78, 5) is 12.1. The largest absolute Gasteiger partial charge is 0.380 e. The van der Waals surface area contributed by atoms with Crippen LogP contribution in [-0.4, -0.2) is 10.9 Å². The Bertz CT molecular complexity index is 529. The van der Waals surface area contributed by atoms with Gasteiger partial charge in [-0.2, -0.15) is 0 Å². The highest BCUT2D eigenvalue weighted by atomic mass is 16.3. The molecule has 1 N–H and O–H groups in total. The number of carbonyl (C=O) groups excluding carboxylic acids is 1. The fourth-order valence-corrected chi connectivity index (χ4v) is 2.07. The van der Waals surface area contributed by atoms with Crippen molar-refractivity contribution in [2.75, 3.05) is 0 Å². The third kappa shape index (κ3) is 3.30. The zero-order valence-electron chi connectivity index (χ0n) is 11.0. The Morgan fingerprint density at radius 2 is 1.68 bits per heavy atom. The summed E-state index contributed by atoms with van der Waals surface area (Å²) in [6.45, 7) is 2.13. The van der Waals surface area contributed by atoms with E-state index in [1.54, 1.807) is 24.3 Å². The minimum atomic E-state index is -1.09. The number of ketones is 1. The highest BCUT2D eigenvalue weighted by Crippen LogP contribution is 2.19. The van der Waals surface area contributed by atoms with Crippen LogP contribution in [0.2, 0.25) is 0 Å². The number of aliphatic hydroxyl groups is 1. The molecule has 2 aromatic carbocycles. The van der Waals surface area contributed by atoms with Crippen LogP contribution in [0.25, 0.3) is 0 Å². The highest BCUT2D eigenvalue weighted by molar-refractivity contribution is 5.99. The van der Waals surface area contributed by atoms with Crippen molar-refractivity contribution in [3.8, 4) is 0 Å². The number of hydrogen-bond donors (Lipinski definition) is 1. The molecule has 2 heteroatoms. The van der Waals surface area contributed by atoms with E-state index in [1.165, 1.54) is 5.56 Å². The number of aryl methyl sites for hydroxylation is 1. The maximum atomic E-state index is 12.1. The molecular formula is C17H18O2. The van der Waals surface area contributed by atoms with Gasteiger partial charge < -0.3 is 5.11 Å². The van der Waals surface area contributed by atoms with Crippen molar-refractivity contribution in [1.82, 2.24) is 0 Å². The first-order chi connectivity index (χ1) is 9.22. The summed E-state index contributed by atoms with van der Waals surface area (Å²) in [7, 11) is 0. The van der Waals surface area contributed by atoms with Crippen LogP contribution < -0.4 is 0 Å². The van der Waals surface area contributed by atoms with Gasteiger partial charge in [0, 0.05) is 5.56 Å². The molecule has 0 amide bonds. The first-order valence-electron chi connectivity index (χ1n) is 6.58. The van der Waals surface area contributed by atoms with Crippen molar-refractivity contribution in [2.24, 2.45) is 0 Å². The molecule has 0 aliphatic rings. The first kappa shape index (κ1) is 13.5. The molecule has 1 unspecified atom stereocenters. The molecule has 0 radical (unpaired) electrons. The third-order valence-electron chi connectivity index (χ3n) is 3.14. The lowest BCUT2D eigenvalue weighted by Gasteiger charge is -2.10. The minimum absolute atomic E-state index is 0.260. The van der Waals surface area contributed by atoms with Gasteiger partial charge in [-0.25, -0.2) is 0 Å². The third-order valence-corrected chi connectivity index (χ3v) is 3.14. The molecule has 2 nitrogen and oxygen atoms in total. The summed E-state index contributed by atoms with van der Waals surface area (Å²) in [5.74, 6) is -0.260. The lowest BCUT2D eigenvalue weighted by molar-refractivity contribution is 0.0747. The van der Waals surface area contributed by atoms with Crippen LogP contribution in [0.5, 0.6) is 0 Å². The quantitative estimate of drug-likeness (QED) is 0.828. The zero-order valence-corrected chi connectivity index (χ0v) is 11.0. The number of rotatable bonds is 5. The standard InChI is InChI=1S/C17H18O2/c1-2-6-13-9-11-15(12-10-13)17(19)16(18)14-7-4-3-5-8-14/h3-5,7-12,17,19H,2,6H2,1H3. The second-order valence-corrected chi connectivity index (χ2v) is 4.62. The molecule has 0 bridgehead atoms. The van der Waals surface area contributed by atoms with Gasteiger partial charge in [-0.3, -0.25) is 4.79 Å². The van der Waals surface area contributed by atoms with E-state index in [9.17, 15) is 9.90 Å². The first-order valence-corrected chi connectivity index (χ1v) is 6.58. The van der Waals surface area contributed by atoms with Gasteiger partial charge in [0.25, 0.3) is 0 Å². The zero-order chi connectivity index (χ0) is 13.7. The summed E-state index contributed by atoms with van der Waals surface area (Å²) in [6.07, 6.45) is 1.02. The van der Waals surface area contributed by atoms with E-state index in [4.69, 9.17) is 0 Å². The maximum Gasteiger partial charge on any atom is 0.195 e. The SMILES string of the molecule is CCCc1ccc(C(O)C(=O)c2ccccc2)cc1. The van der Waals surface area contributed by atoms with Gasteiger partial charge >= 0.3 is 0 Å². The maximum absolute atomic E-state index is 12.1. The number of benzene rings is 2. The van der Waals surface area contributed by atoms with E-state index in [2.05, 4.69) is 6.92 Å².